The molecular weight excluding hydrogens is 354 g/mol. The summed E-state index contributed by atoms with van der Waals surface area (Å²) >= 11 is 6.51. The molecule has 0 saturated carbocycles. The molecular formula is C24H16ClNO. The molecule has 0 atom stereocenters. The Morgan fingerprint density at radius 2 is 1.37 bits per heavy atom. The molecule has 2 N–H and O–H groups in total. The zero-order valence-corrected chi connectivity index (χ0v) is 15.2. The van der Waals surface area contributed by atoms with Gasteiger partial charge in [0.1, 0.15) is 11.3 Å². The summed E-state index contributed by atoms with van der Waals surface area (Å²) in [4.78, 5) is 0. The first-order chi connectivity index (χ1) is 13.2. The first kappa shape index (κ1) is 16.0. The lowest BCUT2D eigenvalue weighted by Crippen LogP contribution is -1.92. The highest BCUT2D eigenvalue weighted by Crippen LogP contribution is 2.46. The fourth-order valence-corrected chi connectivity index (χ4v) is 3.92. The lowest BCUT2D eigenvalue weighted by atomic mass is 9.92. The maximum absolute atomic E-state index is 6.51. The van der Waals surface area contributed by atoms with E-state index in [-0.39, 0.29) is 0 Å². The van der Waals surface area contributed by atoms with E-state index < -0.39 is 0 Å². The van der Waals surface area contributed by atoms with Crippen LogP contribution in [0.4, 0.5) is 5.69 Å². The molecule has 0 amide bonds. The maximum Gasteiger partial charge on any atom is 0.144 e. The van der Waals surface area contributed by atoms with Crippen LogP contribution in [0.1, 0.15) is 0 Å². The number of fused-ring (bicyclic) bond motifs is 2. The van der Waals surface area contributed by atoms with Crippen molar-refractivity contribution < 1.29 is 4.42 Å². The van der Waals surface area contributed by atoms with Gasteiger partial charge in [0, 0.05) is 27.8 Å². The molecule has 1 heterocycles. The standard InChI is InChI=1S/C24H16ClNO/c25-19-11-5-3-9-17(19)24-23(18-10-4-6-12-21(18)27-24)22-16-8-2-1-7-15(16)13-14-20(22)26/h1-14H,26H2. The smallest absolute Gasteiger partial charge is 0.144 e. The van der Waals surface area contributed by atoms with Crippen LogP contribution in [0.2, 0.25) is 5.02 Å². The Hall–Kier alpha value is -3.23. The van der Waals surface area contributed by atoms with Crippen molar-refractivity contribution in [2.24, 2.45) is 0 Å². The summed E-state index contributed by atoms with van der Waals surface area (Å²) in [6, 6.07) is 28.0. The third kappa shape index (κ3) is 2.49. The van der Waals surface area contributed by atoms with E-state index in [0.717, 1.165) is 44.2 Å². The van der Waals surface area contributed by atoms with Gasteiger partial charge in [-0.2, -0.15) is 0 Å². The monoisotopic (exact) mass is 369 g/mol. The molecule has 5 aromatic rings. The zero-order valence-electron chi connectivity index (χ0n) is 14.4. The number of benzene rings is 4. The van der Waals surface area contributed by atoms with E-state index in [2.05, 4.69) is 18.2 Å². The van der Waals surface area contributed by atoms with Gasteiger partial charge in [0.25, 0.3) is 0 Å². The molecule has 0 radical (unpaired) electrons. The largest absolute Gasteiger partial charge is 0.455 e. The van der Waals surface area contributed by atoms with Crippen molar-refractivity contribution in [2.75, 3.05) is 5.73 Å². The maximum atomic E-state index is 6.51. The van der Waals surface area contributed by atoms with Crippen LogP contribution in [0.25, 0.3) is 44.2 Å². The molecule has 0 saturated heterocycles. The highest BCUT2D eigenvalue weighted by molar-refractivity contribution is 6.33. The average molecular weight is 370 g/mol. The quantitative estimate of drug-likeness (QED) is 0.335. The van der Waals surface area contributed by atoms with E-state index >= 15 is 0 Å². The molecule has 1 aromatic heterocycles. The SMILES string of the molecule is Nc1ccc2ccccc2c1-c1c(-c2ccccc2Cl)oc2ccccc12. The number of hydrogen-bond acceptors (Lipinski definition) is 2. The summed E-state index contributed by atoms with van der Waals surface area (Å²) in [5.41, 5.74) is 10.8. The van der Waals surface area contributed by atoms with Gasteiger partial charge in [-0.1, -0.05) is 72.3 Å². The number of para-hydroxylation sites is 1. The van der Waals surface area contributed by atoms with E-state index in [0.29, 0.717) is 10.7 Å². The molecule has 4 aromatic carbocycles. The lowest BCUT2D eigenvalue weighted by Gasteiger charge is -2.12. The molecule has 5 rings (SSSR count). The van der Waals surface area contributed by atoms with Crippen molar-refractivity contribution >= 4 is 39.0 Å². The highest BCUT2D eigenvalue weighted by Gasteiger charge is 2.22. The summed E-state index contributed by atoms with van der Waals surface area (Å²) in [7, 11) is 0. The fourth-order valence-electron chi connectivity index (χ4n) is 3.70. The van der Waals surface area contributed by atoms with E-state index in [1.54, 1.807) is 0 Å². The Labute approximate surface area is 161 Å². The Balaban J connectivity index is 1.97. The van der Waals surface area contributed by atoms with Gasteiger partial charge in [-0.25, -0.2) is 0 Å². The summed E-state index contributed by atoms with van der Waals surface area (Å²) in [5, 5.41) is 3.90. The van der Waals surface area contributed by atoms with Crippen LogP contribution >= 0.6 is 11.6 Å². The van der Waals surface area contributed by atoms with Gasteiger partial charge in [0.15, 0.2) is 0 Å². The normalized spacial score (nSPS) is 11.3. The molecule has 2 nitrogen and oxygen atoms in total. The Bertz CT molecular complexity index is 1300. The minimum atomic E-state index is 0.650. The molecule has 0 fully saturated rings. The van der Waals surface area contributed by atoms with Crippen molar-refractivity contribution in [3.8, 4) is 22.5 Å². The fraction of sp³-hybridized carbons (Fsp3) is 0. The summed E-state index contributed by atoms with van der Waals surface area (Å²) in [6.45, 7) is 0. The number of anilines is 1. The number of furan rings is 1. The Morgan fingerprint density at radius 3 is 2.22 bits per heavy atom. The van der Waals surface area contributed by atoms with E-state index in [1.165, 1.54) is 0 Å². The van der Waals surface area contributed by atoms with Crippen molar-refractivity contribution in [1.82, 2.24) is 0 Å². The van der Waals surface area contributed by atoms with E-state index in [9.17, 15) is 0 Å². The molecule has 130 valence electrons. The topological polar surface area (TPSA) is 39.2 Å². The number of nitrogens with two attached hydrogens (primary N) is 1. The molecule has 0 bridgehead atoms. The van der Waals surface area contributed by atoms with Crippen LogP contribution in [0.3, 0.4) is 0 Å². The highest BCUT2D eigenvalue weighted by atomic mass is 35.5. The van der Waals surface area contributed by atoms with Gasteiger partial charge >= 0.3 is 0 Å². The second-order valence-electron chi connectivity index (χ2n) is 6.53. The van der Waals surface area contributed by atoms with Crippen molar-refractivity contribution in [1.29, 1.82) is 0 Å². The minimum Gasteiger partial charge on any atom is -0.455 e. The van der Waals surface area contributed by atoms with Crippen LogP contribution in [-0.4, -0.2) is 0 Å². The molecule has 0 unspecified atom stereocenters. The van der Waals surface area contributed by atoms with Gasteiger partial charge in [0.2, 0.25) is 0 Å². The molecule has 0 aliphatic carbocycles. The second-order valence-corrected chi connectivity index (χ2v) is 6.94. The van der Waals surface area contributed by atoms with Gasteiger partial charge in [-0.3, -0.25) is 0 Å². The molecule has 3 heteroatoms. The Morgan fingerprint density at radius 1 is 0.667 bits per heavy atom. The van der Waals surface area contributed by atoms with Gasteiger partial charge < -0.3 is 10.2 Å². The number of halogens is 1. The number of nitrogen functional groups attached to an aromatic ring is 1. The average Bonchev–Trinajstić information content (AvgIpc) is 3.07. The summed E-state index contributed by atoms with van der Waals surface area (Å²) < 4.78 is 6.28. The first-order valence-electron chi connectivity index (χ1n) is 8.78. The second kappa shape index (κ2) is 6.19. The van der Waals surface area contributed by atoms with E-state index in [1.807, 2.05) is 66.7 Å². The van der Waals surface area contributed by atoms with Crippen molar-refractivity contribution in [3.63, 3.8) is 0 Å². The number of hydrogen-bond donors (Lipinski definition) is 1. The van der Waals surface area contributed by atoms with Crippen molar-refractivity contribution in [2.45, 2.75) is 0 Å². The Kier molecular flexibility index (Phi) is 3.66. The van der Waals surface area contributed by atoms with Gasteiger partial charge in [-0.15, -0.1) is 0 Å². The molecule has 27 heavy (non-hydrogen) atoms. The molecule has 0 spiro atoms. The molecule has 0 aliphatic heterocycles. The summed E-state index contributed by atoms with van der Waals surface area (Å²) in [5.74, 6) is 0.741. The third-order valence-corrected chi connectivity index (χ3v) is 5.25. The van der Waals surface area contributed by atoms with Crippen molar-refractivity contribution in [3.05, 3.63) is 90.0 Å². The predicted octanol–water partition coefficient (Wildman–Crippen LogP) is 7.16. The molecule has 0 aliphatic rings. The lowest BCUT2D eigenvalue weighted by molar-refractivity contribution is 0.632. The summed E-state index contributed by atoms with van der Waals surface area (Å²) in [6.07, 6.45) is 0. The van der Waals surface area contributed by atoms with Crippen LogP contribution in [-0.2, 0) is 0 Å². The van der Waals surface area contributed by atoms with Crippen LogP contribution in [0.5, 0.6) is 0 Å². The zero-order chi connectivity index (χ0) is 18.4. The predicted molar refractivity (Wildman–Crippen MR) is 114 cm³/mol. The van der Waals surface area contributed by atoms with Gasteiger partial charge in [-0.05, 0) is 35.0 Å². The van der Waals surface area contributed by atoms with Gasteiger partial charge in [0.05, 0.1) is 5.02 Å². The minimum absolute atomic E-state index is 0.650. The number of rotatable bonds is 2. The van der Waals surface area contributed by atoms with Crippen LogP contribution < -0.4 is 5.73 Å². The third-order valence-electron chi connectivity index (χ3n) is 4.93. The first-order valence-corrected chi connectivity index (χ1v) is 9.16. The van der Waals surface area contributed by atoms with Crippen LogP contribution in [0.15, 0.2) is 89.3 Å². The van der Waals surface area contributed by atoms with Crippen LogP contribution in [0, 0.1) is 0 Å². The van der Waals surface area contributed by atoms with E-state index in [4.69, 9.17) is 21.8 Å².